The second-order valence-electron chi connectivity index (χ2n) is 3.87. The zero-order valence-electron chi connectivity index (χ0n) is 8.73. The molecule has 0 spiro atoms. The van der Waals surface area contributed by atoms with Gasteiger partial charge in [-0.05, 0) is 12.5 Å². The first-order chi connectivity index (χ1) is 7.22. The molecule has 2 rings (SSSR count). The fourth-order valence-corrected chi connectivity index (χ4v) is 1.74. The minimum atomic E-state index is -0.497. The van der Waals surface area contributed by atoms with Crippen LogP contribution in [0.1, 0.15) is 22.8 Å². The summed E-state index contributed by atoms with van der Waals surface area (Å²) in [5.41, 5.74) is 1.81. The zero-order chi connectivity index (χ0) is 10.7. The van der Waals surface area contributed by atoms with Gasteiger partial charge < -0.3 is 9.47 Å². The molecule has 1 aliphatic heterocycles. The van der Waals surface area contributed by atoms with Crippen LogP contribution in [0.25, 0.3) is 0 Å². The van der Waals surface area contributed by atoms with E-state index in [4.69, 9.17) is 9.47 Å². The van der Waals surface area contributed by atoms with E-state index < -0.39 is 5.79 Å². The third kappa shape index (κ3) is 2.43. The van der Waals surface area contributed by atoms with E-state index in [0.717, 1.165) is 11.8 Å². The summed E-state index contributed by atoms with van der Waals surface area (Å²) in [6, 6.07) is 7.47. The lowest BCUT2D eigenvalue weighted by Gasteiger charge is -2.22. The van der Waals surface area contributed by atoms with Gasteiger partial charge in [0.25, 0.3) is 0 Å². The Hall–Kier alpha value is -1.19. The lowest BCUT2D eigenvalue weighted by molar-refractivity contribution is -0.140. The van der Waals surface area contributed by atoms with Gasteiger partial charge in [0.1, 0.15) is 6.29 Å². The van der Waals surface area contributed by atoms with Crippen LogP contribution in [-0.4, -0.2) is 25.3 Å². The first kappa shape index (κ1) is 10.3. The number of benzene rings is 1. The van der Waals surface area contributed by atoms with Gasteiger partial charge in [-0.15, -0.1) is 0 Å². The van der Waals surface area contributed by atoms with Crippen LogP contribution in [0.3, 0.4) is 0 Å². The van der Waals surface area contributed by atoms with Crippen LogP contribution < -0.4 is 0 Å². The normalized spacial score (nSPS) is 19.0. The van der Waals surface area contributed by atoms with Crippen molar-refractivity contribution < 1.29 is 14.3 Å². The molecule has 1 aliphatic rings. The van der Waals surface area contributed by atoms with Gasteiger partial charge in [-0.1, -0.05) is 24.3 Å². The molecular formula is C12H14O3. The van der Waals surface area contributed by atoms with Crippen molar-refractivity contribution >= 4 is 6.29 Å². The van der Waals surface area contributed by atoms with Gasteiger partial charge in [-0.2, -0.15) is 0 Å². The van der Waals surface area contributed by atoms with Crippen molar-refractivity contribution in [3.05, 3.63) is 35.4 Å². The third-order valence-corrected chi connectivity index (χ3v) is 2.54. The molecule has 1 heterocycles. The van der Waals surface area contributed by atoms with Crippen LogP contribution in [0.4, 0.5) is 0 Å². The van der Waals surface area contributed by atoms with Crippen LogP contribution in [-0.2, 0) is 15.9 Å². The third-order valence-electron chi connectivity index (χ3n) is 2.54. The summed E-state index contributed by atoms with van der Waals surface area (Å²) in [6.07, 6.45) is 1.56. The lowest BCUT2D eigenvalue weighted by atomic mass is 10.0. The highest BCUT2D eigenvalue weighted by atomic mass is 16.7. The van der Waals surface area contributed by atoms with E-state index in [9.17, 15) is 4.79 Å². The van der Waals surface area contributed by atoms with E-state index in [1.54, 1.807) is 12.1 Å². The number of carbonyl (C=O) groups excluding carboxylic acids is 1. The first-order valence-corrected chi connectivity index (χ1v) is 5.04. The molecule has 0 bridgehead atoms. The second-order valence-corrected chi connectivity index (χ2v) is 3.87. The molecule has 1 saturated heterocycles. The summed E-state index contributed by atoms with van der Waals surface area (Å²) in [5, 5.41) is 0. The van der Waals surface area contributed by atoms with E-state index in [-0.39, 0.29) is 0 Å². The number of ether oxygens (including phenoxy) is 2. The molecule has 0 saturated carbocycles. The predicted octanol–water partition coefficient (Wildman–Crippen LogP) is 1.80. The molecule has 3 heteroatoms. The maximum atomic E-state index is 10.5. The topological polar surface area (TPSA) is 35.5 Å². The van der Waals surface area contributed by atoms with Crippen molar-refractivity contribution in [1.82, 2.24) is 0 Å². The summed E-state index contributed by atoms with van der Waals surface area (Å²) in [7, 11) is 0. The number of carbonyl (C=O) groups is 1. The maximum Gasteiger partial charge on any atom is 0.169 e. The number of rotatable bonds is 3. The monoisotopic (exact) mass is 206 g/mol. The molecule has 1 aromatic rings. The first-order valence-electron chi connectivity index (χ1n) is 5.04. The molecule has 1 fully saturated rings. The van der Waals surface area contributed by atoms with Crippen molar-refractivity contribution in [2.45, 2.75) is 19.1 Å². The molecule has 15 heavy (non-hydrogen) atoms. The lowest BCUT2D eigenvalue weighted by Crippen LogP contribution is -2.28. The van der Waals surface area contributed by atoms with Gasteiger partial charge in [0.15, 0.2) is 5.79 Å². The average Bonchev–Trinajstić information content (AvgIpc) is 2.66. The Kier molecular flexibility index (Phi) is 2.84. The summed E-state index contributed by atoms with van der Waals surface area (Å²) >= 11 is 0. The Bertz CT molecular complexity index is 336. The van der Waals surface area contributed by atoms with Gasteiger partial charge >= 0.3 is 0 Å². The van der Waals surface area contributed by atoms with Gasteiger partial charge in [-0.25, -0.2) is 0 Å². The van der Waals surface area contributed by atoms with Gasteiger partial charge in [0.2, 0.25) is 0 Å². The van der Waals surface area contributed by atoms with Crippen molar-refractivity contribution in [1.29, 1.82) is 0 Å². The SMILES string of the molecule is CC1(Cc2ccc(C=O)cc2)OCCO1. The van der Waals surface area contributed by atoms with Crippen LogP contribution in [0.5, 0.6) is 0 Å². The molecule has 1 aromatic carbocycles. The summed E-state index contributed by atoms with van der Waals surface area (Å²) in [4.78, 5) is 10.5. The Morgan fingerprint density at radius 1 is 1.27 bits per heavy atom. The maximum absolute atomic E-state index is 10.5. The van der Waals surface area contributed by atoms with Gasteiger partial charge in [0.05, 0.1) is 13.2 Å². The Morgan fingerprint density at radius 2 is 1.87 bits per heavy atom. The number of hydrogen-bond donors (Lipinski definition) is 0. The number of hydrogen-bond acceptors (Lipinski definition) is 3. The van der Waals surface area contributed by atoms with Crippen LogP contribution in [0.2, 0.25) is 0 Å². The van der Waals surface area contributed by atoms with E-state index in [2.05, 4.69) is 0 Å². The van der Waals surface area contributed by atoms with E-state index in [1.807, 2.05) is 19.1 Å². The zero-order valence-corrected chi connectivity index (χ0v) is 8.73. The minimum Gasteiger partial charge on any atom is -0.347 e. The molecule has 80 valence electrons. The molecular weight excluding hydrogens is 192 g/mol. The van der Waals surface area contributed by atoms with Crippen molar-refractivity contribution in [2.24, 2.45) is 0 Å². The predicted molar refractivity (Wildman–Crippen MR) is 55.8 cm³/mol. The highest BCUT2D eigenvalue weighted by molar-refractivity contribution is 5.74. The molecule has 0 aliphatic carbocycles. The molecule has 0 N–H and O–H groups in total. The van der Waals surface area contributed by atoms with E-state index in [0.29, 0.717) is 25.2 Å². The molecule has 0 amide bonds. The van der Waals surface area contributed by atoms with Crippen LogP contribution in [0, 0.1) is 0 Å². The van der Waals surface area contributed by atoms with E-state index in [1.165, 1.54) is 0 Å². The Labute approximate surface area is 89.0 Å². The molecule has 0 unspecified atom stereocenters. The van der Waals surface area contributed by atoms with Crippen molar-refractivity contribution in [2.75, 3.05) is 13.2 Å². The molecule has 0 atom stereocenters. The Morgan fingerprint density at radius 3 is 2.40 bits per heavy atom. The van der Waals surface area contributed by atoms with Crippen molar-refractivity contribution in [3.8, 4) is 0 Å². The van der Waals surface area contributed by atoms with Crippen LogP contribution >= 0.6 is 0 Å². The smallest absolute Gasteiger partial charge is 0.169 e. The van der Waals surface area contributed by atoms with Crippen molar-refractivity contribution in [3.63, 3.8) is 0 Å². The largest absolute Gasteiger partial charge is 0.347 e. The minimum absolute atomic E-state index is 0.497. The molecule has 3 nitrogen and oxygen atoms in total. The standard InChI is InChI=1S/C12H14O3/c1-12(14-6-7-15-12)8-10-2-4-11(9-13)5-3-10/h2-5,9H,6-8H2,1H3. The van der Waals surface area contributed by atoms with Crippen LogP contribution in [0.15, 0.2) is 24.3 Å². The Balaban J connectivity index is 2.07. The highest BCUT2D eigenvalue weighted by Crippen LogP contribution is 2.23. The second kappa shape index (κ2) is 4.13. The summed E-state index contributed by atoms with van der Waals surface area (Å²) in [6.45, 7) is 3.25. The van der Waals surface area contributed by atoms with E-state index >= 15 is 0 Å². The summed E-state index contributed by atoms with van der Waals surface area (Å²) < 4.78 is 11.0. The molecule has 0 radical (unpaired) electrons. The fourth-order valence-electron chi connectivity index (χ4n) is 1.74. The highest BCUT2D eigenvalue weighted by Gasteiger charge is 2.30. The number of aldehydes is 1. The average molecular weight is 206 g/mol. The van der Waals surface area contributed by atoms with Gasteiger partial charge in [-0.3, -0.25) is 4.79 Å². The quantitative estimate of drug-likeness (QED) is 0.707. The summed E-state index contributed by atoms with van der Waals surface area (Å²) in [5.74, 6) is -0.497. The fraction of sp³-hybridized carbons (Fsp3) is 0.417. The molecule has 0 aromatic heterocycles. The van der Waals surface area contributed by atoms with Gasteiger partial charge in [0, 0.05) is 12.0 Å².